The summed E-state index contributed by atoms with van der Waals surface area (Å²) >= 11 is 0. The first-order chi connectivity index (χ1) is 12.2. The summed E-state index contributed by atoms with van der Waals surface area (Å²) in [7, 11) is 0. The van der Waals surface area contributed by atoms with Crippen LogP contribution < -0.4 is 0 Å². The van der Waals surface area contributed by atoms with Crippen molar-refractivity contribution >= 4 is 5.97 Å². The van der Waals surface area contributed by atoms with Gasteiger partial charge in [-0.25, -0.2) is 0 Å². The zero-order chi connectivity index (χ0) is 17.9. The molecule has 0 bridgehead atoms. The molecule has 0 aromatic carbocycles. The minimum atomic E-state index is 0.0694. The van der Waals surface area contributed by atoms with Gasteiger partial charge in [0.2, 0.25) is 0 Å². The van der Waals surface area contributed by atoms with Crippen LogP contribution in [0.15, 0.2) is 24.3 Å². The highest BCUT2D eigenvalue weighted by Crippen LogP contribution is 2.34. The molecule has 0 aliphatic heterocycles. The van der Waals surface area contributed by atoms with Crippen LogP contribution >= 0.6 is 0 Å². The minimum Gasteiger partial charge on any atom is -0.462 e. The summed E-state index contributed by atoms with van der Waals surface area (Å²) < 4.78 is 5.81. The van der Waals surface area contributed by atoms with Gasteiger partial charge in [-0.15, -0.1) is 0 Å². The number of carbonyl (C=O) groups excluding carboxylic acids is 1. The smallest absolute Gasteiger partial charge is 0.309 e. The van der Waals surface area contributed by atoms with Crippen molar-refractivity contribution in [3.05, 3.63) is 24.3 Å². The van der Waals surface area contributed by atoms with E-state index < -0.39 is 0 Å². The normalized spacial score (nSPS) is 30.4. The molecule has 0 heterocycles. The van der Waals surface area contributed by atoms with Gasteiger partial charge in [-0.05, 0) is 76.0 Å². The lowest BCUT2D eigenvalue weighted by atomic mass is 9.80. The quantitative estimate of drug-likeness (QED) is 0.337. The number of ether oxygens (including phenoxy) is 1. The van der Waals surface area contributed by atoms with Crippen LogP contribution in [0.5, 0.6) is 0 Å². The van der Waals surface area contributed by atoms with Crippen molar-refractivity contribution in [3.63, 3.8) is 0 Å². The van der Waals surface area contributed by atoms with Crippen LogP contribution in [0, 0.1) is 29.1 Å². The van der Waals surface area contributed by atoms with Gasteiger partial charge in [-0.2, -0.15) is 5.26 Å². The van der Waals surface area contributed by atoms with Crippen LogP contribution in [-0.2, 0) is 9.53 Å². The second-order valence-corrected chi connectivity index (χ2v) is 7.70. The second kappa shape index (κ2) is 11.1. The molecule has 2 fully saturated rings. The Morgan fingerprint density at radius 3 is 2.36 bits per heavy atom. The molecule has 0 atom stereocenters. The van der Waals surface area contributed by atoms with E-state index in [4.69, 9.17) is 10.00 Å². The van der Waals surface area contributed by atoms with Gasteiger partial charge < -0.3 is 4.74 Å². The lowest BCUT2D eigenvalue weighted by molar-refractivity contribution is -0.157. The number of carbonyl (C=O) groups is 1. The molecule has 25 heavy (non-hydrogen) atoms. The number of rotatable bonds is 7. The summed E-state index contributed by atoms with van der Waals surface area (Å²) in [5.41, 5.74) is 0. The molecule has 2 aliphatic rings. The standard InChI is InChI=1S/C22H33NO2/c1-2-18-11-15-21(16-12-18)25-22(24)20-13-9-19(10-14-20)8-6-4-3-5-7-17-23/h3-5,7,18-21H,2,6,8-16H2,1H3/t18-,19-,20-,21-. The number of esters is 1. The van der Waals surface area contributed by atoms with Crippen molar-refractivity contribution in [2.75, 3.05) is 0 Å². The fourth-order valence-corrected chi connectivity index (χ4v) is 4.21. The SMILES string of the molecule is CC[C@H]1CC[C@H](OC(=O)[C@H]2CC[C@H](CCC=CC=CC#N)CC2)CC1. The van der Waals surface area contributed by atoms with Crippen LogP contribution in [0.4, 0.5) is 0 Å². The van der Waals surface area contributed by atoms with E-state index >= 15 is 0 Å². The largest absolute Gasteiger partial charge is 0.462 e. The van der Waals surface area contributed by atoms with Gasteiger partial charge in [-0.1, -0.05) is 31.6 Å². The Bertz CT molecular complexity index is 487. The van der Waals surface area contributed by atoms with Crippen molar-refractivity contribution in [1.82, 2.24) is 0 Å². The first-order valence-electron chi connectivity index (χ1n) is 10.1. The number of hydrogen-bond acceptors (Lipinski definition) is 3. The molecule has 2 aliphatic carbocycles. The topological polar surface area (TPSA) is 50.1 Å². The van der Waals surface area contributed by atoms with Crippen molar-refractivity contribution in [3.8, 4) is 6.07 Å². The molecule has 2 rings (SSSR count). The van der Waals surface area contributed by atoms with Gasteiger partial charge in [0.1, 0.15) is 6.10 Å². The molecule has 3 heteroatoms. The molecule has 0 N–H and O–H groups in total. The molecular formula is C22H33NO2. The van der Waals surface area contributed by atoms with E-state index in [1.807, 2.05) is 12.1 Å². The number of allylic oxidation sites excluding steroid dienone is 4. The molecule has 138 valence electrons. The van der Waals surface area contributed by atoms with Gasteiger partial charge in [-0.3, -0.25) is 4.79 Å². The number of hydrogen-bond donors (Lipinski definition) is 0. The minimum absolute atomic E-state index is 0.0694. The van der Waals surface area contributed by atoms with Gasteiger partial charge in [0.25, 0.3) is 0 Å². The van der Waals surface area contributed by atoms with Crippen molar-refractivity contribution in [2.24, 2.45) is 17.8 Å². The van der Waals surface area contributed by atoms with Gasteiger partial charge in [0, 0.05) is 6.08 Å². The number of nitrogens with zero attached hydrogens (tertiary/aromatic N) is 1. The highest BCUT2D eigenvalue weighted by Gasteiger charge is 2.30. The third kappa shape index (κ3) is 7.06. The average Bonchev–Trinajstić information content (AvgIpc) is 2.65. The third-order valence-corrected chi connectivity index (χ3v) is 5.99. The van der Waals surface area contributed by atoms with E-state index in [0.29, 0.717) is 0 Å². The van der Waals surface area contributed by atoms with Crippen LogP contribution in [-0.4, -0.2) is 12.1 Å². The first-order valence-corrected chi connectivity index (χ1v) is 10.1. The zero-order valence-electron chi connectivity index (χ0n) is 15.7. The molecule has 0 aromatic rings. The third-order valence-electron chi connectivity index (χ3n) is 5.99. The van der Waals surface area contributed by atoms with Gasteiger partial charge in [0.05, 0.1) is 12.0 Å². The summed E-state index contributed by atoms with van der Waals surface area (Å²) in [5, 5.41) is 8.41. The van der Waals surface area contributed by atoms with E-state index in [9.17, 15) is 4.79 Å². The van der Waals surface area contributed by atoms with E-state index in [1.54, 1.807) is 6.08 Å². The summed E-state index contributed by atoms with van der Waals surface area (Å²) in [6.07, 6.45) is 19.8. The summed E-state index contributed by atoms with van der Waals surface area (Å²) in [5.74, 6) is 1.78. The molecule has 0 radical (unpaired) electrons. The lowest BCUT2D eigenvalue weighted by Crippen LogP contribution is -2.30. The molecule has 0 spiro atoms. The predicted octanol–water partition coefficient (Wildman–Crippen LogP) is 5.72. The molecule has 0 amide bonds. The van der Waals surface area contributed by atoms with Crippen molar-refractivity contribution in [1.29, 1.82) is 5.26 Å². The highest BCUT2D eigenvalue weighted by molar-refractivity contribution is 5.72. The van der Waals surface area contributed by atoms with Crippen LogP contribution in [0.1, 0.15) is 77.6 Å². The van der Waals surface area contributed by atoms with E-state index in [1.165, 1.54) is 31.8 Å². The molecule has 0 aromatic heterocycles. The monoisotopic (exact) mass is 343 g/mol. The molecule has 0 saturated heterocycles. The summed E-state index contributed by atoms with van der Waals surface area (Å²) in [6.45, 7) is 2.26. The fraction of sp³-hybridized carbons (Fsp3) is 0.727. The second-order valence-electron chi connectivity index (χ2n) is 7.70. The Morgan fingerprint density at radius 1 is 1.04 bits per heavy atom. The molecule has 3 nitrogen and oxygen atoms in total. The molecule has 0 unspecified atom stereocenters. The van der Waals surface area contributed by atoms with Crippen LogP contribution in [0.3, 0.4) is 0 Å². The summed E-state index contributed by atoms with van der Waals surface area (Å²) in [4.78, 5) is 12.4. The maximum Gasteiger partial charge on any atom is 0.309 e. The Morgan fingerprint density at radius 2 is 1.72 bits per heavy atom. The highest BCUT2D eigenvalue weighted by atomic mass is 16.5. The zero-order valence-corrected chi connectivity index (χ0v) is 15.7. The molecule has 2 saturated carbocycles. The lowest BCUT2D eigenvalue weighted by Gasteiger charge is -2.31. The van der Waals surface area contributed by atoms with Crippen molar-refractivity contribution < 1.29 is 9.53 Å². The van der Waals surface area contributed by atoms with E-state index in [2.05, 4.69) is 13.0 Å². The fourth-order valence-electron chi connectivity index (χ4n) is 4.21. The predicted molar refractivity (Wildman–Crippen MR) is 101 cm³/mol. The number of nitriles is 1. The Kier molecular flexibility index (Phi) is 8.80. The van der Waals surface area contributed by atoms with E-state index in [-0.39, 0.29) is 18.0 Å². The first kappa shape index (κ1) is 19.8. The van der Waals surface area contributed by atoms with Crippen LogP contribution in [0.2, 0.25) is 0 Å². The van der Waals surface area contributed by atoms with Crippen LogP contribution in [0.25, 0.3) is 0 Å². The average molecular weight is 344 g/mol. The van der Waals surface area contributed by atoms with Gasteiger partial charge >= 0.3 is 5.97 Å². The Balaban J connectivity index is 1.61. The van der Waals surface area contributed by atoms with Gasteiger partial charge in [0.15, 0.2) is 0 Å². The van der Waals surface area contributed by atoms with E-state index in [0.717, 1.165) is 56.8 Å². The molecular weight excluding hydrogens is 310 g/mol. The Labute approximate surface area is 153 Å². The maximum atomic E-state index is 12.4. The summed E-state index contributed by atoms with van der Waals surface area (Å²) in [6, 6.07) is 1.98. The Hall–Kier alpha value is -1.56. The maximum absolute atomic E-state index is 12.4. The van der Waals surface area contributed by atoms with Crippen molar-refractivity contribution in [2.45, 2.75) is 83.7 Å².